The summed E-state index contributed by atoms with van der Waals surface area (Å²) in [5, 5.41) is 16.0. The predicted molar refractivity (Wildman–Crippen MR) is 79.7 cm³/mol. The third kappa shape index (κ3) is 4.04. The van der Waals surface area contributed by atoms with Crippen molar-refractivity contribution in [2.45, 2.75) is 39.3 Å². The zero-order valence-electron chi connectivity index (χ0n) is 11.6. The lowest BCUT2D eigenvalue weighted by atomic mass is 10.1. The third-order valence-electron chi connectivity index (χ3n) is 3.02. The van der Waals surface area contributed by atoms with Crippen molar-refractivity contribution in [1.82, 2.24) is 10.3 Å². The van der Waals surface area contributed by atoms with Gasteiger partial charge < -0.3 is 10.4 Å². The topological polar surface area (TPSA) is 45.1 Å². The minimum absolute atomic E-state index is 0.269. The molecule has 2 atom stereocenters. The molecule has 2 aromatic rings. The van der Waals surface area contributed by atoms with Crippen LogP contribution < -0.4 is 5.32 Å². The number of phenols is 1. The number of benzene rings is 1. The Bertz CT molecular complexity index is 521. The van der Waals surface area contributed by atoms with Crippen LogP contribution >= 0.6 is 11.3 Å². The molecule has 2 N–H and O–H groups in total. The van der Waals surface area contributed by atoms with Crippen LogP contribution in [0.25, 0.3) is 0 Å². The van der Waals surface area contributed by atoms with Crippen LogP contribution in [0.5, 0.6) is 5.75 Å². The quantitative estimate of drug-likeness (QED) is 0.879. The van der Waals surface area contributed by atoms with Crippen LogP contribution in [0.3, 0.4) is 0 Å². The monoisotopic (exact) mass is 276 g/mol. The highest BCUT2D eigenvalue weighted by atomic mass is 32.1. The molecule has 0 saturated heterocycles. The fourth-order valence-corrected chi connectivity index (χ4v) is 2.93. The summed E-state index contributed by atoms with van der Waals surface area (Å²) in [7, 11) is 0. The molecule has 0 fully saturated rings. The van der Waals surface area contributed by atoms with Crippen LogP contribution in [0.4, 0.5) is 0 Å². The first-order valence-electron chi connectivity index (χ1n) is 6.50. The van der Waals surface area contributed by atoms with Crippen LogP contribution in [0.1, 0.15) is 36.2 Å². The van der Waals surface area contributed by atoms with Gasteiger partial charge in [0.05, 0.1) is 6.04 Å². The van der Waals surface area contributed by atoms with Crippen molar-refractivity contribution in [3.8, 4) is 5.75 Å². The first kappa shape index (κ1) is 14.0. The van der Waals surface area contributed by atoms with Crippen LogP contribution in [-0.4, -0.2) is 16.1 Å². The fraction of sp³-hybridized carbons (Fsp3) is 0.400. The molecule has 0 amide bonds. The predicted octanol–water partition coefficient (Wildman–Crippen LogP) is 3.44. The van der Waals surface area contributed by atoms with Gasteiger partial charge in [-0.2, -0.15) is 0 Å². The molecular formula is C15H20N2OS. The van der Waals surface area contributed by atoms with Crippen molar-refractivity contribution in [2.75, 3.05) is 0 Å². The number of thiazole rings is 1. The third-order valence-corrected chi connectivity index (χ3v) is 4.17. The molecule has 1 heterocycles. The van der Waals surface area contributed by atoms with E-state index < -0.39 is 0 Å². The van der Waals surface area contributed by atoms with Crippen molar-refractivity contribution >= 4 is 11.3 Å². The number of hydrogen-bond donors (Lipinski definition) is 2. The van der Waals surface area contributed by atoms with Crippen LogP contribution in [0.2, 0.25) is 0 Å². The summed E-state index contributed by atoms with van der Waals surface area (Å²) in [6.45, 7) is 6.34. The number of rotatable bonds is 5. The van der Waals surface area contributed by atoms with E-state index in [1.165, 1.54) is 5.56 Å². The molecular weight excluding hydrogens is 256 g/mol. The van der Waals surface area contributed by atoms with Crippen LogP contribution in [-0.2, 0) is 6.42 Å². The summed E-state index contributed by atoms with van der Waals surface area (Å²) in [5.41, 5.74) is 2.31. The lowest BCUT2D eigenvalue weighted by molar-refractivity contribution is 0.469. The number of aryl methyl sites for hydroxylation is 1. The second-order valence-corrected chi connectivity index (χ2v) is 5.88. The van der Waals surface area contributed by atoms with Gasteiger partial charge in [-0.25, -0.2) is 4.98 Å². The first-order chi connectivity index (χ1) is 9.04. The Kier molecular flexibility index (Phi) is 4.56. The summed E-state index contributed by atoms with van der Waals surface area (Å²) in [6.07, 6.45) is 0.939. The van der Waals surface area contributed by atoms with E-state index in [0.717, 1.165) is 17.1 Å². The zero-order chi connectivity index (χ0) is 13.8. The van der Waals surface area contributed by atoms with E-state index in [4.69, 9.17) is 0 Å². The maximum Gasteiger partial charge on any atom is 0.115 e. The van der Waals surface area contributed by atoms with Crippen molar-refractivity contribution in [3.05, 3.63) is 45.9 Å². The largest absolute Gasteiger partial charge is 0.508 e. The van der Waals surface area contributed by atoms with Gasteiger partial charge in [-0.05, 0) is 44.9 Å². The molecule has 4 heteroatoms. The minimum Gasteiger partial charge on any atom is -0.508 e. The average molecular weight is 276 g/mol. The molecule has 0 aliphatic heterocycles. The molecule has 2 rings (SSSR count). The molecule has 0 aliphatic carbocycles. The van der Waals surface area contributed by atoms with E-state index in [0.29, 0.717) is 11.8 Å². The second kappa shape index (κ2) is 6.17. The molecule has 102 valence electrons. The first-order valence-corrected chi connectivity index (χ1v) is 7.38. The zero-order valence-corrected chi connectivity index (χ0v) is 12.4. The van der Waals surface area contributed by atoms with Crippen molar-refractivity contribution in [2.24, 2.45) is 0 Å². The number of aromatic hydroxyl groups is 1. The highest BCUT2D eigenvalue weighted by Gasteiger charge is 2.12. The van der Waals surface area contributed by atoms with Gasteiger partial charge in [0.1, 0.15) is 10.8 Å². The Morgan fingerprint density at radius 1 is 1.26 bits per heavy atom. The minimum atomic E-state index is 0.269. The summed E-state index contributed by atoms with van der Waals surface area (Å²) < 4.78 is 0. The number of nitrogens with zero attached hydrogens (tertiary/aromatic N) is 1. The fourth-order valence-electron chi connectivity index (χ4n) is 2.11. The normalized spacial score (nSPS) is 14.3. The van der Waals surface area contributed by atoms with Gasteiger partial charge in [-0.1, -0.05) is 12.1 Å². The maximum absolute atomic E-state index is 9.26. The molecule has 0 saturated carbocycles. The molecule has 19 heavy (non-hydrogen) atoms. The maximum atomic E-state index is 9.26. The summed E-state index contributed by atoms with van der Waals surface area (Å²) in [5.74, 6) is 0.316. The van der Waals surface area contributed by atoms with Crippen LogP contribution in [0.15, 0.2) is 29.6 Å². The molecule has 3 nitrogen and oxygen atoms in total. The molecule has 0 spiro atoms. The highest BCUT2D eigenvalue weighted by molar-refractivity contribution is 7.09. The van der Waals surface area contributed by atoms with Gasteiger partial charge in [0, 0.05) is 17.1 Å². The Morgan fingerprint density at radius 3 is 2.53 bits per heavy atom. The number of nitrogens with one attached hydrogen (secondary N) is 1. The molecule has 0 bridgehead atoms. The molecule has 0 radical (unpaired) electrons. The average Bonchev–Trinajstić information content (AvgIpc) is 2.79. The van der Waals surface area contributed by atoms with Gasteiger partial charge in [0.25, 0.3) is 0 Å². The second-order valence-electron chi connectivity index (χ2n) is 4.99. The Labute approximate surface area is 118 Å². The SMILES string of the molecule is Cc1csc(C(C)NC(C)Cc2ccc(O)cc2)n1. The lowest BCUT2D eigenvalue weighted by Crippen LogP contribution is -2.30. The van der Waals surface area contributed by atoms with Gasteiger partial charge in [-0.3, -0.25) is 0 Å². The summed E-state index contributed by atoms with van der Waals surface area (Å²) in [4.78, 5) is 4.51. The lowest BCUT2D eigenvalue weighted by Gasteiger charge is -2.18. The van der Waals surface area contributed by atoms with Crippen molar-refractivity contribution in [3.63, 3.8) is 0 Å². The molecule has 1 aromatic carbocycles. The van der Waals surface area contributed by atoms with E-state index >= 15 is 0 Å². The Hall–Kier alpha value is -1.39. The Balaban J connectivity index is 1.90. The molecule has 1 aromatic heterocycles. The van der Waals surface area contributed by atoms with Gasteiger partial charge >= 0.3 is 0 Å². The number of phenolic OH excluding ortho intramolecular Hbond substituents is 1. The highest BCUT2D eigenvalue weighted by Crippen LogP contribution is 2.19. The van der Waals surface area contributed by atoms with Crippen molar-refractivity contribution in [1.29, 1.82) is 0 Å². The van der Waals surface area contributed by atoms with Gasteiger partial charge in [-0.15, -0.1) is 11.3 Å². The van der Waals surface area contributed by atoms with E-state index in [-0.39, 0.29) is 6.04 Å². The smallest absolute Gasteiger partial charge is 0.115 e. The standard InChI is InChI=1S/C15H20N2OS/c1-10(8-13-4-6-14(18)7-5-13)16-12(3)15-17-11(2)9-19-15/h4-7,9-10,12,16,18H,8H2,1-3H3. The number of hydrogen-bond acceptors (Lipinski definition) is 4. The van der Waals surface area contributed by atoms with E-state index in [1.54, 1.807) is 23.5 Å². The van der Waals surface area contributed by atoms with Crippen LogP contribution in [0, 0.1) is 6.92 Å². The molecule has 0 aliphatic rings. The van der Waals surface area contributed by atoms with E-state index in [9.17, 15) is 5.11 Å². The van der Waals surface area contributed by atoms with E-state index in [1.807, 2.05) is 19.1 Å². The summed E-state index contributed by atoms with van der Waals surface area (Å²) >= 11 is 1.70. The Morgan fingerprint density at radius 2 is 1.95 bits per heavy atom. The van der Waals surface area contributed by atoms with E-state index in [2.05, 4.69) is 29.5 Å². The van der Waals surface area contributed by atoms with Crippen molar-refractivity contribution < 1.29 is 5.11 Å². The summed E-state index contributed by atoms with van der Waals surface area (Å²) in [6, 6.07) is 8.03. The van der Waals surface area contributed by atoms with Gasteiger partial charge in [0.15, 0.2) is 0 Å². The molecule has 2 unspecified atom stereocenters. The number of aromatic nitrogens is 1. The van der Waals surface area contributed by atoms with Gasteiger partial charge in [0.2, 0.25) is 0 Å².